The predicted octanol–water partition coefficient (Wildman–Crippen LogP) is 4.19. The van der Waals surface area contributed by atoms with Crippen molar-refractivity contribution in [2.75, 3.05) is 25.3 Å². The van der Waals surface area contributed by atoms with Crippen LogP contribution in [-0.2, 0) is 4.79 Å². The fraction of sp³-hybridized carbons (Fsp3) is 0.150. The van der Waals surface area contributed by atoms with Crippen molar-refractivity contribution in [1.29, 1.82) is 0 Å². The number of hydrogen-bond donors (Lipinski definition) is 1. The minimum absolute atomic E-state index is 0.124. The van der Waals surface area contributed by atoms with E-state index in [4.69, 9.17) is 21.1 Å². The number of tetrazole rings is 1. The maximum absolute atomic E-state index is 12.4. The van der Waals surface area contributed by atoms with E-state index in [9.17, 15) is 4.79 Å². The zero-order valence-electron chi connectivity index (χ0n) is 17.0. The Kier molecular flexibility index (Phi) is 6.88. The molecule has 0 radical (unpaired) electrons. The number of hydrogen-bond acceptors (Lipinski definition) is 9. The third kappa shape index (κ3) is 5.01. The average Bonchev–Trinajstić information content (AvgIpc) is 3.47. The van der Waals surface area contributed by atoms with Crippen LogP contribution >= 0.6 is 34.7 Å². The van der Waals surface area contributed by atoms with Crippen LogP contribution in [0.25, 0.3) is 16.9 Å². The third-order valence-corrected chi connectivity index (χ3v) is 6.20. The summed E-state index contributed by atoms with van der Waals surface area (Å²) >= 11 is 8.49. The monoisotopic (exact) mass is 488 g/mol. The van der Waals surface area contributed by atoms with Gasteiger partial charge in [-0.3, -0.25) is 4.79 Å². The Morgan fingerprint density at radius 1 is 1.16 bits per heavy atom. The number of aromatic nitrogens is 5. The molecule has 164 valence electrons. The van der Waals surface area contributed by atoms with Crippen LogP contribution in [-0.4, -0.2) is 51.1 Å². The number of nitrogens with one attached hydrogen (secondary N) is 1. The first kappa shape index (κ1) is 22.1. The van der Waals surface area contributed by atoms with Gasteiger partial charge in [-0.05, 0) is 52.9 Å². The van der Waals surface area contributed by atoms with Crippen molar-refractivity contribution in [3.05, 3.63) is 52.9 Å². The van der Waals surface area contributed by atoms with E-state index in [1.165, 1.54) is 23.1 Å². The van der Waals surface area contributed by atoms with Gasteiger partial charge >= 0.3 is 0 Å². The molecule has 2 heterocycles. The highest BCUT2D eigenvalue weighted by molar-refractivity contribution is 7.99. The largest absolute Gasteiger partial charge is 0.493 e. The molecule has 9 nitrogen and oxygen atoms in total. The van der Waals surface area contributed by atoms with E-state index in [-0.39, 0.29) is 11.7 Å². The number of thioether (sulfide) groups is 1. The van der Waals surface area contributed by atoms with Crippen LogP contribution in [0.4, 0.5) is 5.13 Å². The van der Waals surface area contributed by atoms with Gasteiger partial charge in [-0.1, -0.05) is 23.4 Å². The molecule has 0 saturated heterocycles. The van der Waals surface area contributed by atoms with Gasteiger partial charge in [0, 0.05) is 16.0 Å². The SMILES string of the molecule is COc1ccc(-c2csc(NC(=O)CSc3nnnn3-c3ccc(Cl)cc3)n2)cc1OC. The molecule has 4 rings (SSSR count). The minimum atomic E-state index is -0.214. The van der Waals surface area contributed by atoms with E-state index in [2.05, 4.69) is 25.8 Å². The summed E-state index contributed by atoms with van der Waals surface area (Å²) in [7, 11) is 3.16. The van der Waals surface area contributed by atoms with Gasteiger partial charge < -0.3 is 14.8 Å². The van der Waals surface area contributed by atoms with Crippen molar-refractivity contribution in [3.8, 4) is 28.4 Å². The van der Waals surface area contributed by atoms with Gasteiger partial charge in [-0.15, -0.1) is 16.4 Å². The smallest absolute Gasteiger partial charge is 0.236 e. The molecule has 0 aliphatic rings. The topological polar surface area (TPSA) is 104 Å². The number of amides is 1. The second-order valence-corrected chi connectivity index (χ2v) is 8.53. The molecule has 0 atom stereocenters. The fourth-order valence-corrected chi connectivity index (χ4v) is 4.31. The van der Waals surface area contributed by atoms with Gasteiger partial charge in [-0.25, -0.2) is 4.98 Å². The molecule has 0 spiro atoms. The lowest BCUT2D eigenvalue weighted by molar-refractivity contribution is -0.113. The molecule has 0 fully saturated rings. The van der Waals surface area contributed by atoms with Crippen LogP contribution in [0.5, 0.6) is 11.5 Å². The second kappa shape index (κ2) is 9.98. The first-order valence-electron chi connectivity index (χ1n) is 9.22. The number of methoxy groups -OCH3 is 2. The van der Waals surface area contributed by atoms with E-state index in [1.807, 2.05) is 23.6 Å². The Morgan fingerprint density at radius 3 is 2.69 bits per heavy atom. The van der Waals surface area contributed by atoms with Crippen LogP contribution < -0.4 is 14.8 Å². The van der Waals surface area contributed by atoms with E-state index >= 15 is 0 Å². The summed E-state index contributed by atoms with van der Waals surface area (Å²) in [5.74, 6) is 1.16. The minimum Gasteiger partial charge on any atom is -0.493 e. The van der Waals surface area contributed by atoms with E-state index in [0.29, 0.717) is 26.8 Å². The highest BCUT2D eigenvalue weighted by Crippen LogP contribution is 2.33. The molecule has 1 N–H and O–H groups in total. The maximum Gasteiger partial charge on any atom is 0.236 e. The van der Waals surface area contributed by atoms with E-state index < -0.39 is 0 Å². The number of carbonyl (C=O) groups is 1. The lowest BCUT2D eigenvalue weighted by Crippen LogP contribution is -2.14. The van der Waals surface area contributed by atoms with Gasteiger partial charge in [0.2, 0.25) is 11.1 Å². The van der Waals surface area contributed by atoms with Gasteiger partial charge in [-0.2, -0.15) is 4.68 Å². The number of nitrogens with zero attached hydrogens (tertiary/aromatic N) is 5. The Morgan fingerprint density at radius 2 is 1.94 bits per heavy atom. The number of anilines is 1. The summed E-state index contributed by atoms with van der Waals surface area (Å²) in [6.07, 6.45) is 0. The van der Waals surface area contributed by atoms with Crippen LogP contribution in [0.1, 0.15) is 0 Å². The zero-order valence-corrected chi connectivity index (χ0v) is 19.4. The van der Waals surface area contributed by atoms with Crippen molar-refractivity contribution < 1.29 is 14.3 Å². The van der Waals surface area contributed by atoms with Crippen molar-refractivity contribution in [2.24, 2.45) is 0 Å². The summed E-state index contributed by atoms with van der Waals surface area (Å²) in [6.45, 7) is 0. The van der Waals surface area contributed by atoms with Gasteiger partial charge in [0.1, 0.15) is 0 Å². The lowest BCUT2D eigenvalue weighted by Gasteiger charge is -2.08. The maximum atomic E-state index is 12.4. The van der Waals surface area contributed by atoms with Gasteiger partial charge in [0.25, 0.3) is 0 Å². The van der Waals surface area contributed by atoms with Crippen LogP contribution in [0.15, 0.2) is 53.0 Å². The molecule has 0 unspecified atom stereocenters. The second-order valence-electron chi connectivity index (χ2n) is 6.29. The van der Waals surface area contributed by atoms with Crippen molar-refractivity contribution in [1.82, 2.24) is 25.2 Å². The predicted molar refractivity (Wildman–Crippen MR) is 124 cm³/mol. The molecule has 12 heteroatoms. The van der Waals surface area contributed by atoms with Crippen LogP contribution in [0.3, 0.4) is 0 Å². The fourth-order valence-electron chi connectivity index (χ4n) is 2.76. The number of carbonyl (C=O) groups excluding carboxylic acids is 1. The van der Waals surface area contributed by atoms with Crippen molar-refractivity contribution in [2.45, 2.75) is 5.16 Å². The summed E-state index contributed by atoms with van der Waals surface area (Å²) < 4.78 is 12.1. The normalized spacial score (nSPS) is 10.7. The van der Waals surface area contributed by atoms with Crippen LogP contribution in [0.2, 0.25) is 5.02 Å². The third-order valence-electron chi connectivity index (χ3n) is 4.27. The number of ether oxygens (including phenoxy) is 2. The molecule has 1 amide bonds. The summed E-state index contributed by atoms with van der Waals surface area (Å²) in [4.78, 5) is 16.9. The Labute approximate surface area is 196 Å². The van der Waals surface area contributed by atoms with E-state index in [0.717, 1.165) is 16.9 Å². The first-order chi connectivity index (χ1) is 15.6. The first-order valence-corrected chi connectivity index (χ1v) is 11.5. The highest BCUT2D eigenvalue weighted by Gasteiger charge is 2.14. The highest BCUT2D eigenvalue weighted by atomic mass is 35.5. The summed E-state index contributed by atoms with van der Waals surface area (Å²) in [5, 5.41) is 17.9. The Balaban J connectivity index is 1.39. The molecule has 2 aromatic heterocycles. The van der Waals surface area contributed by atoms with Gasteiger partial charge in [0.15, 0.2) is 16.6 Å². The molecule has 0 aliphatic heterocycles. The van der Waals surface area contributed by atoms with E-state index in [1.54, 1.807) is 43.2 Å². The number of benzene rings is 2. The van der Waals surface area contributed by atoms with Crippen molar-refractivity contribution >= 4 is 45.7 Å². The molecule has 2 aromatic carbocycles. The Hall–Kier alpha value is -3.15. The number of rotatable bonds is 8. The zero-order chi connectivity index (χ0) is 22.5. The Bertz CT molecular complexity index is 1230. The molecule has 0 aliphatic carbocycles. The van der Waals surface area contributed by atoms with Gasteiger partial charge in [0.05, 0.1) is 31.4 Å². The number of halogens is 1. The van der Waals surface area contributed by atoms with Crippen LogP contribution in [0, 0.1) is 0 Å². The lowest BCUT2D eigenvalue weighted by atomic mass is 10.1. The quantitative estimate of drug-likeness (QED) is 0.368. The average molecular weight is 489 g/mol. The molecule has 4 aromatic rings. The van der Waals surface area contributed by atoms with Crippen molar-refractivity contribution in [3.63, 3.8) is 0 Å². The molecule has 32 heavy (non-hydrogen) atoms. The standard InChI is InChI=1S/C20H17ClN6O3S2/c1-29-16-8-3-12(9-17(16)30-2)15-10-31-19(22-15)23-18(28)11-32-20-24-25-26-27(20)14-6-4-13(21)5-7-14/h3-10H,11H2,1-2H3,(H,22,23,28). The number of thiazole rings is 1. The summed E-state index contributed by atoms with van der Waals surface area (Å²) in [6, 6.07) is 12.6. The molecular weight excluding hydrogens is 472 g/mol. The molecular formula is C20H17ClN6O3S2. The molecule has 0 saturated carbocycles. The summed E-state index contributed by atoms with van der Waals surface area (Å²) in [5.41, 5.74) is 2.34. The molecule has 0 bridgehead atoms.